The van der Waals surface area contributed by atoms with E-state index in [-0.39, 0.29) is 5.91 Å². The maximum absolute atomic E-state index is 12.2. The van der Waals surface area contributed by atoms with E-state index < -0.39 is 6.04 Å². The van der Waals surface area contributed by atoms with Crippen LogP contribution in [-0.2, 0) is 6.54 Å². The summed E-state index contributed by atoms with van der Waals surface area (Å²) in [5, 5.41) is 11.5. The van der Waals surface area contributed by atoms with E-state index in [2.05, 4.69) is 20.6 Å². The minimum absolute atomic E-state index is 0.242. The van der Waals surface area contributed by atoms with Gasteiger partial charge < -0.3 is 9.84 Å². The van der Waals surface area contributed by atoms with Gasteiger partial charge in [-0.1, -0.05) is 16.8 Å². The molecule has 1 aromatic carbocycles. The van der Waals surface area contributed by atoms with E-state index in [1.165, 1.54) is 6.20 Å². The Bertz CT molecular complexity index is 840. The Morgan fingerprint density at radius 2 is 2.12 bits per heavy atom. The van der Waals surface area contributed by atoms with Gasteiger partial charge in [0.05, 0.1) is 11.8 Å². The van der Waals surface area contributed by atoms with Crippen LogP contribution in [0.2, 0.25) is 5.02 Å². The molecule has 0 aliphatic rings. The summed E-state index contributed by atoms with van der Waals surface area (Å²) in [7, 11) is 0. The van der Waals surface area contributed by atoms with Crippen molar-refractivity contribution in [2.24, 2.45) is 0 Å². The second kappa shape index (κ2) is 6.84. The van der Waals surface area contributed by atoms with Gasteiger partial charge in [0.2, 0.25) is 11.7 Å². The van der Waals surface area contributed by atoms with Crippen LogP contribution < -0.4 is 5.32 Å². The Balaban J connectivity index is 1.70. The first-order valence-electron chi connectivity index (χ1n) is 7.49. The molecule has 1 atom stereocenters. The Labute approximate surface area is 143 Å². The molecular weight excluding hydrogens is 330 g/mol. The van der Waals surface area contributed by atoms with Crippen molar-refractivity contribution in [1.29, 1.82) is 0 Å². The number of aryl methyl sites for hydroxylation is 1. The van der Waals surface area contributed by atoms with Crippen LogP contribution in [-0.4, -0.2) is 25.8 Å². The highest BCUT2D eigenvalue weighted by Gasteiger charge is 2.19. The lowest BCUT2D eigenvalue weighted by molar-refractivity contribution is 0.0932. The van der Waals surface area contributed by atoms with E-state index in [9.17, 15) is 4.79 Å². The second-order valence-electron chi connectivity index (χ2n) is 5.24. The molecule has 8 heteroatoms. The fraction of sp³-hybridized carbons (Fsp3) is 0.250. The molecule has 124 valence electrons. The number of benzene rings is 1. The summed E-state index contributed by atoms with van der Waals surface area (Å²) in [5.41, 5.74) is 1.28. The van der Waals surface area contributed by atoms with Crippen LogP contribution >= 0.6 is 11.6 Å². The lowest BCUT2D eigenvalue weighted by Gasteiger charge is -2.08. The number of nitrogens with one attached hydrogen (secondary N) is 1. The standard InChI is InChI=1S/C16H16ClN5O2/c1-3-22-9-12(8-18-22)15(23)19-10(2)16-20-14(21-24-16)11-4-6-13(17)7-5-11/h4-10H,3H2,1-2H3,(H,19,23). The maximum Gasteiger partial charge on any atom is 0.255 e. The number of hydrogen-bond donors (Lipinski definition) is 1. The Kier molecular flexibility index (Phi) is 4.61. The predicted octanol–water partition coefficient (Wildman–Crippen LogP) is 3.10. The molecule has 0 aliphatic heterocycles. The van der Waals surface area contributed by atoms with E-state index in [0.717, 1.165) is 5.56 Å². The summed E-state index contributed by atoms with van der Waals surface area (Å²) in [4.78, 5) is 16.5. The maximum atomic E-state index is 12.2. The smallest absolute Gasteiger partial charge is 0.255 e. The number of hydrogen-bond acceptors (Lipinski definition) is 5. The minimum Gasteiger partial charge on any atom is -0.340 e. The van der Waals surface area contributed by atoms with Gasteiger partial charge in [0, 0.05) is 23.3 Å². The predicted molar refractivity (Wildman–Crippen MR) is 88.5 cm³/mol. The molecule has 0 aliphatic carbocycles. The van der Waals surface area contributed by atoms with E-state index in [0.29, 0.717) is 28.8 Å². The Morgan fingerprint density at radius 1 is 1.38 bits per heavy atom. The molecule has 3 rings (SSSR count). The van der Waals surface area contributed by atoms with Crippen LogP contribution in [0.15, 0.2) is 41.2 Å². The Hall–Kier alpha value is -2.67. The van der Waals surface area contributed by atoms with Gasteiger partial charge in [-0.2, -0.15) is 10.1 Å². The average Bonchev–Trinajstić information content (AvgIpc) is 3.25. The molecule has 0 saturated carbocycles. The topological polar surface area (TPSA) is 85.8 Å². The van der Waals surface area contributed by atoms with Crippen LogP contribution in [0, 0.1) is 0 Å². The molecule has 0 saturated heterocycles. The zero-order valence-corrected chi connectivity index (χ0v) is 14.0. The van der Waals surface area contributed by atoms with Gasteiger partial charge >= 0.3 is 0 Å². The summed E-state index contributed by atoms with van der Waals surface area (Å²) < 4.78 is 6.93. The van der Waals surface area contributed by atoms with Crippen LogP contribution in [0.5, 0.6) is 0 Å². The molecule has 7 nitrogen and oxygen atoms in total. The SMILES string of the molecule is CCn1cc(C(=O)NC(C)c2nc(-c3ccc(Cl)cc3)no2)cn1. The number of carbonyl (C=O) groups is 1. The van der Waals surface area contributed by atoms with Crippen LogP contribution in [0.1, 0.15) is 36.1 Å². The van der Waals surface area contributed by atoms with Crippen molar-refractivity contribution in [3.63, 3.8) is 0 Å². The van der Waals surface area contributed by atoms with Crippen molar-refractivity contribution in [3.05, 3.63) is 53.1 Å². The summed E-state index contributed by atoms with van der Waals surface area (Å²) >= 11 is 5.86. The first-order valence-corrected chi connectivity index (χ1v) is 7.87. The fourth-order valence-corrected chi connectivity index (χ4v) is 2.25. The van der Waals surface area contributed by atoms with Gasteiger partial charge in [-0.25, -0.2) is 0 Å². The zero-order chi connectivity index (χ0) is 17.1. The van der Waals surface area contributed by atoms with Gasteiger partial charge in [0.1, 0.15) is 6.04 Å². The quantitative estimate of drug-likeness (QED) is 0.767. The number of aromatic nitrogens is 4. The summed E-state index contributed by atoms with van der Waals surface area (Å²) in [5.74, 6) is 0.534. The largest absolute Gasteiger partial charge is 0.340 e. The minimum atomic E-state index is -0.420. The zero-order valence-electron chi connectivity index (χ0n) is 13.2. The number of rotatable bonds is 5. The highest BCUT2D eigenvalue weighted by Crippen LogP contribution is 2.20. The molecule has 0 spiro atoms. The van der Waals surface area contributed by atoms with E-state index in [1.807, 2.05) is 6.92 Å². The molecule has 0 radical (unpaired) electrons. The van der Waals surface area contributed by atoms with E-state index in [4.69, 9.17) is 16.1 Å². The van der Waals surface area contributed by atoms with Crippen molar-refractivity contribution in [2.75, 3.05) is 0 Å². The highest BCUT2D eigenvalue weighted by atomic mass is 35.5. The lowest BCUT2D eigenvalue weighted by atomic mass is 10.2. The van der Waals surface area contributed by atoms with Crippen LogP contribution in [0.3, 0.4) is 0 Å². The van der Waals surface area contributed by atoms with Crippen molar-refractivity contribution in [3.8, 4) is 11.4 Å². The lowest BCUT2D eigenvalue weighted by Crippen LogP contribution is -2.26. The molecule has 0 fully saturated rings. The summed E-state index contributed by atoms with van der Waals surface area (Å²) in [6.07, 6.45) is 3.22. The van der Waals surface area contributed by atoms with Gasteiger partial charge in [0.25, 0.3) is 5.91 Å². The fourth-order valence-electron chi connectivity index (χ4n) is 2.12. The third-order valence-corrected chi connectivity index (χ3v) is 3.73. The van der Waals surface area contributed by atoms with Gasteiger partial charge in [-0.05, 0) is 38.1 Å². The first kappa shape index (κ1) is 16.2. The van der Waals surface area contributed by atoms with Crippen LogP contribution in [0.25, 0.3) is 11.4 Å². The molecule has 1 unspecified atom stereocenters. The van der Waals surface area contributed by atoms with Gasteiger partial charge in [-0.15, -0.1) is 0 Å². The van der Waals surface area contributed by atoms with E-state index in [1.54, 1.807) is 42.1 Å². The number of amides is 1. The monoisotopic (exact) mass is 345 g/mol. The van der Waals surface area contributed by atoms with Crippen LogP contribution in [0.4, 0.5) is 0 Å². The highest BCUT2D eigenvalue weighted by molar-refractivity contribution is 6.30. The normalized spacial score (nSPS) is 12.1. The first-order chi connectivity index (χ1) is 11.6. The third-order valence-electron chi connectivity index (χ3n) is 3.48. The van der Waals surface area contributed by atoms with E-state index >= 15 is 0 Å². The van der Waals surface area contributed by atoms with Crippen molar-refractivity contribution in [2.45, 2.75) is 26.4 Å². The number of carbonyl (C=O) groups excluding carboxylic acids is 1. The molecule has 1 amide bonds. The molecular formula is C16H16ClN5O2. The summed E-state index contributed by atoms with van der Waals surface area (Å²) in [6.45, 7) is 4.44. The molecule has 0 bridgehead atoms. The second-order valence-corrected chi connectivity index (χ2v) is 5.68. The van der Waals surface area contributed by atoms with Gasteiger partial charge in [0.15, 0.2) is 0 Å². The van der Waals surface area contributed by atoms with Crippen molar-refractivity contribution in [1.82, 2.24) is 25.2 Å². The third kappa shape index (κ3) is 3.46. The molecule has 2 aromatic heterocycles. The van der Waals surface area contributed by atoms with Gasteiger partial charge in [-0.3, -0.25) is 9.48 Å². The number of halogens is 1. The van der Waals surface area contributed by atoms with Crippen molar-refractivity contribution < 1.29 is 9.32 Å². The Morgan fingerprint density at radius 3 is 2.79 bits per heavy atom. The molecule has 24 heavy (non-hydrogen) atoms. The van der Waals surface area contributed by atoms with Crippen molar-refractivity contribution >= 4 is 17.5 Å². The number of nitrogens with zero attached hydrogens (tertiary/aromatic N) is 4. The average molecular weight is 346 g/mol. The summed E-state index contributed by atoms with van der Waals surface area (Å²) in [6, 6.07) is 6.70. The molecule has 3 aromatic rings. The molecule has 2 heterocycles. The molecule has 1 N–H and O–H groups in total.